The molecule has 2 aromatic carbocycles. The van der Waals surface area contributed by atoms with Crippen molar-refractivity contribution in [2.45, 2.75) is 85.6 Å². The zero-order chi connectivity index (χ0) is 39.0. The van der Waals surface area contributed by atoms with E-state index in [0.29, 0.717) is 42.0 Å². The number of unbranched alkanes of at least 4 members (excludes halogenated alkanes) is 2. The lowest BCUT2D eigenvalue weighted by atomic mass is 9.95. The minimum absolute atomic E-state index is 0.123. The molecule has 1 unspecified atom stereocenters. The van der Waals surface area contributed by atoms with Gasteiger partial charge in [-0.25, -0.2) is 0 Å². The van der Waals surface area contributed by atoms with Crippen LogP contribution < -0.4 is 25.0 Å². The fourth-order valence-electron chi connectivity index (χ4n) is 6.60. The van der Waals surface area contributed by atoms with Crippen LogP contribution in [-0.4, -0.2) is 76.2 Å². The van der Waals surface area contributed by atoms with Crippen LogP contribution in [0.25, 0.3) is 11.1 Å². The Kier molecular flexibility index (Phi) is 16.4. The minimum atomic E-state index is -0.329. The van der Waals surface area contributed by atoms with E-state index in [4.69, 9.17) is 18.7 Å². The van der Waals surface area contributed by atoms with E-state index in [-0.39, 0.29) is 24.3 Å². The molecule has 0 saturated carbocycles. The number of allylic oxidation sites excluding steroid dienone is 3. The van der Waals surface area contributed by atoms with Gasteiger partial charge in [0.15, 0.2) is 5.76 Å². The fourth-order valence-corrected chi connectivity index (χ4v) is 6.60. The van der Waals surface area contributed by atoms with Crippen LogP contribution in [0.1, 0.15) is 94.3 Å². The molecule has 0 radical (unpaired) electrons. The molecule has 1 saturated heterocycles. The summed E-state index contributed by atoms with van der Waals surface area (Å²) in [6.07, 6.45) is 8.05. The number of nitrogens with zero attached hydrogens (tertiary/aromatic N) is 2. The van der Waals surface area contributed by atoms with Gasteiger partial charge in [0.1, 0.15) is 18.3 Å². The summed E-state index contributed by atoms with van der Waals surface area (Å²) in [6, 6.07) is 14.1. The van der Waals surface area contributed by atoms with Gasteiger partial charge in [-0.3, -0.25) is 9.59 Å². The predicted molar refractivity (Wildman–Crippen MR) is 212 cm³/mol. The van der Waals surface area contributed by atoms with Gasteiger partial charge < -0.3 is 39.1 Å². The number of hydrogen-bond donors (Lipinski definition) is 2. The Balaban J connectivity index is 1.42. The van der Waals surface area contributed by atoms with E-state index < -0.39 is 0 Å². The highest BCUT2D eigenvalue weighted by atomic mass is 16.5. The molecule has 2 heterocycles. The van der Waals surface area contributed by atoms with Crippen molar-refractivity contribution < 1.29 is 33.1 Å². The van der Waals surface area contributed by atoms with Crippen molar-refractivity contribution in [2.75, 3.05) is 51.5 Å². The molecule has 0 spiro atoms. The van der Waals surface area contributed by atoms with Crippen LogP contribution >= 0.6 is 0 Å². The zero-order valence-electron chi connectivity index (χ0n) is 33.0. The highest BCUT2D eigenvalue weighted by Gasteiger charge is 2.25. The van der Waals surface area contributed by atoms with Crippen molar-refractivity contribution in [3.8, 4) is 22.8 Å². The molecule has 4 rings (SSSR count). The number of carbonyl (C=O) groups excluding carboxylic acids is 3. The Morgan fingerprint density at radius 1 is 1.00 bits per heavy atom. The van der Waals surface area contributed by atoms with Crippen LogP contribution in [-0.2, 0) is 14.3 Å². The van der Waals surface area contributed by atoms with Gasteiger partial charge in [-0.05, 0) is 123 Å². The Labute approximate surface area is 320 Å². The van der Waals surface area contributed by atoms with E-state index >= 15 is 0 Å². The van der Waals surface area contributed by atoms with Crippen molar-refractivity contribution in [3.63, 3.8) is 0 Å². The molecule has 292 valence electrons. The second-order valence-corrected chi connectivity index (χ2v) is 14.1. The summed E-state index contributed by atoms with van der Waals surface area (Å²) in [7, 11) is 1.83. The molecule has 1 amide bonds. The number of ether oxygens (including phenoxy) is 3. The quantitative estimate of drug-likeness (QED) is 0.0487. The molecule has 1 aliphatic heterocycles. The van der Waals surface area contributed by atoms with Crippen molar-refractivity contribution in [2.24, 2.45) is 5.92 Å². The normalized spacial score (nSPS) is 14.6. The number of benzene rings is 2. The monoisotopic (exact) mass is 742 g/mol. The third kappa shape index (κ3) is 11.5. The highest BCUT2D eigenvalue weighted by molar-refractivity contribution is 5.99. The van der Waals surface area contributed by atoms with Gasteiger partial charge in [0.25, 0.3) is 11.8 Å². The maximum atomic E-state index is 13.8. The third-order valence-electron chi connectivity index (χ3n) is 10.0. The van der Waals surface area contributed by atoms with Crippen molar-refractivity contribution in [1.29, 1.82) is 0 Å². The van der Waals surface area contributed by atoms with Crippen LogP contribution in [0.2, 0.25) is 0 Å². The summed E-state index contributed by atoms with van der Waals surface area (Å²) >= 11 is 0. The van der Waals surface area contributed by atoms with E-state index in [9.17, 15) is 14.4 Å². The van der Waals surface area contributed by atoms with Crippen LogP contribution in [0.15, 0.2) is 69.9 Å². The first-order valence-corrected chi connectivity index (χ1v) is 19.2. The Hall–Kier alpha value is -4.90. The topological polar surface area (TPSA) is 132 Å². The fraction of sp³-hybridized carbons (Fsp3) is 0.488. The average molecular weight is 743 g/mol. The van der Waals surface area contributed by atoms with Gasteiger partial charge in [-0.1, -0.05) is 26.0 Å². The van der Waals surface area contributed by atoms with E-state index in [0.717, 1.165) is 104 Å². The molecule has 54 heavy (non-hydrogen) atoms. The Morgan fingerprint density at radius 2 is 1.70 bits per heavy atom. The smallest absolute Gasteiger partial charge is 0.254 e. The average Bonchev–Trinajstić information content (AvgIpc) is 3.64. The number of carbonyl (C=O) groups is 3. The molecule has 11 heteroatoms. The number of amides is 1. The lowest BCUT2D eigenvalue weighted by Crippen LogP contribution is -2.40. The molecule has 3 aromatic rings. The van der Waals surface area contributed by atoms with Crippen LogP contribution in [0.4, 0.5) is 5.69 Å². The van der Waals surface area contributed by atoms with Gasteiger partial charge in [-0.2, -0.15) is 0 Å². The molecule has 11 nitrogen and oxygen atoms in total. The van der Waals surface area contributed by atoms with Crippen LogP contribution in [0.3, 0.4) is 0 Å². The summed E-state index contributed by atoms with van der Waals surface area (Å²) < 4.78 is 22.7. The predicted octanol–water partition coefficient (Wildman–Crippen LogP) is 7.59. The van der Waals surface area contributed by atoms with Gasteiger partial charge in [0.05, 0.1) is 19.1 Å². The van der Waals surface area contributed by atoms with Gasteiger partial charge >= 0.3 is 0 Å². The van der Waals surface area contributed by atoms with Crippen molar-refractivity contribution >= 4 is 24.2 Å². The lowest BCUT2D eigenvalue weighted by molar-refractivity contribution is -0.110. The van der Waals surface area contributed by atoms with E-state index in [1.807, 2.05) is 78.1 Å². The van der Waals surface area contributed by atoms with Crippen LogP contribution in [0, 0.1) is 12.8 Å². The van der Waals surface area contributed by atoms with Crippen molar-refractivity contribution in [1.82, 2.24) is 15.8 Å². The molecular weight excluding hydrogens is 684 g/mol. The lowest BCUT2D eigenvalue weighted by Gasteiger charge is -2.37. The SMILES string of the molecule is CCN(c1cc(-c2ccc(OCCCCCOc3cc(C(C=O)C(C)C)on3)cc2)cc(C(=O)NC/C(C=O)=C(C)/C=C(/C)NC)c1C)C1CCOCC1. The summed E-state index contributed by atoms with van der Waals surface area (Å²) in [4.78, 5) is 39.6. The number of anilines is 1. The van der Waals surface area contributed by atoms with Gasteiger partial charge in [-0.15, -0.1) is 0 Å². The molecular formula is C43H58N4O7. The number of rotatable bonds is 21. The Bertz CT molecular complexity index is 1740. The van der Waals surface area contributed by atoms with E-state index in [1.165, 1.54) is 0 Å². The Morgan fingerprint density at radius 3 is 2.33 bits per heavy atom. The molecule has 0 bridgehead atoms. The first kappa shape index (κ1) is 41.9. The van der Waals surface area contributed by atoms with Crippen molar-refractivity contribution in [3.05, 3.63) is 82.3 Å². The summed E-state index contributed by atoms with van der Waals surface area (Å²) in [5.74, 6) is 1.26. The van der Waals surface area contributed by atoms with E-state index in [2.05, 4.69) is 33.7 Å². The number of aromatic nitrogens is 1. The molecule has 1 aliphatic rings. The molecule has 2 N–H and O–H groups in total. The molecule has 1 atom stereocenters. The second kappa shape index (κ2) is 21.1. The standard InChI is InChI=1S/C43H58N4O7/c1-8-47(36-16-20-51-21-17-36)40-24-34(23-38(32(40)6)43(50)45-26-35(27-48)30(4)22-31(5)44-7)33-12-14-37(15-13-33)52-18-10-9-11-19-53-42-25-41(54-46-42)39(28-49)29(2)3/h12-15,22-25,27-29,36,39,44H,8-11,16-21,26H2,1-7H3,(H,45,50)/b31-22-,35-30-. The number of nitrogens with one attached hydrogen (secondary N) is 2. The second-order valence-electron chi connectivity index (χ2n) is 14.1. The highest BCUT2D eigenvalue weighted by Crippen LogP contribution is 2.34. The van der Waals surface area contributed by atoms with Gasteiger partial charge in [0, 0.05) is 68.0 Å². The summed E-state index contributed by atoms with van der Waals surface area (Å²) in [5, 5.41) is 10.0. The first-order chi connectivity index (χ1) is 26.1. The molecule has 1 aromatic heterocycles. The van der Waals surface area contributed by atoms with E-state index in [1.54, 1.807) is 6.07 Å². The van der Waals surface area contributed by atoms with Crippen LogP contribution in [0.5, 0.6) is 11.6 Å². The molecule has 0 aliphatic carbocycles. The maximum Gasteiger partial charge on any atom is 0.254 e. The summed E-state index contributed by atoms with van der Waals surface area (Å²) in [5.41, 5.74) is 6.64. The third-order valence-corrected chi connectivity index (χ3v) is 10.0. The number of hydrogen-bond acceptors (Lipinski definition) is 10. The minimum Gasteiger partial charge on any atom is -0.494 e. The number of aldehydes is 2. The largest absolute Gasteiger partial charge is 0.494 e. The van der Waals surface area contributed by atoms with Gasteiger partial charge in [0.2, 0.25) is 0 Å². The zero-order valence-corrected chi connectivity index (χ0v) is 33.0. The molecule has 1 fully saturated rings. The summed E-state index contributed by atoms with van der Waals surface area (Å²) in [6.45, 7) is 15.3. The first-order valence-electron chi connectivity index (χ1n) is 19.2. The maximum absolute atomic E-state index is 13.8.